The highest BCUT2D eigenvalue weighted by atomic mass is 16.4. The van der Waals surface area contributed by atoms with E-state index in [9.17, 15) is 4.79 Å². The van der Waals surface area contributed by atoms with Crippen LogP contribution in [-0.2, 0) is 4.79 Å². The Kier molecular flexibility index (Phi) is 3.68. The number of para-hydroxylation sites is 1. The maximum atomic E-state index is 10.4. The van der Waals surface area contributed by atoms with E-state index in [-0.39, 0.29) is 18.9 Å². The molecule has 0 fully saturated rings. The van der Waals surface area contributed by atoms with Gasteiger partial charge in [-0.15, -0.1) is 0 Å². The first-order valence-electron chi connectivity index (χ1n) is 4.49. The molecular weight excluding hydrogens is 194 g/mol. The average Bonchev–Trinajstić information content (AvgIpc) is 2.18. The molecule has 1 rings (SSSR count). The molecule has 0 radical (unpaired) electrons. The van der Waals surface area contributed by atoms with Crippen molar-refractivity contribution < 1.29 is 9.90 Å². The minimum atomic E-state index is -0.905. The largest absolute Gasteiger partial charge is 0.481 e. The van der Waals surface area contributed by atoms with Crippen molar-refractivity contribution in [3.05, 3.63) is 30.3 Å². The molecule has 1 aromatic carbocycles. The zero-order valence-electron chi connectivity index (χ0n) is 8.18. The number of carbonyl (C=O) groups is 1. The van der Waals surface area contributed by atoms with Crippen molar-refractivity contribution in [1.82, 2.24) is 0 Å². The smallest absolute Gasteiger partial charge is 0.305 e. The molecule has 0 amide bonds. The van der Waals surface area contributed by atoms with E-state index in [2.05, 4.69) is 0 Å². The molecule has 0 aliphatic rings. The molecule has 1 aromatic rings. The molecule has 0 heterocycles. The fraction of sp³-hybridized carbons (Fsp3) is 0.200. The number of carboxylic acids is 1. The van der Waals surface area contributed by atoms with Crippen molar-refractivity contribution in [2.75, 3.05) is 11.4 Å². The number of nitrogens with one attached hydrogen (secondary N) is 1. The lowest BCUT2D eigenvalue weighted by Gasteiger charge is -2.21. The first-order chi connectivity index (χ1) is 7.11. The van der Waals surface area contributed by atoms with E-state index in [1.165, 1.54) is 4.90 Å². The third-order valence-corrected chi connectivity index (χ3v) is 1.91. The van der Waals surface area contributed by atoms with E-state index < -0.39 is 5.97 Å². The monoisotopic (exact) mass is 207 g/mol. The van der Waals surface area contributed by atoms with Crippen molar-refractivity contribution in [3.63, 3.8) is 0 Å². The van der Waals surface area contributed by atoms with Gasteiger partial charge in [0.1, 0.15) is 0 Å². The van der Waals surface area contributed by atoms with Gasteiger partial charge in [-0.1, -0.05) is 18.2 Å². The number of guanidine groups is 1. The molecule has 15 heavy (non-hydrogen) atoms. The lowest BCUT2D eigenvalue weighted by molar-refractivity contribution is -0.136. The number of anilines is 1. The molecule has 0 aliphatic carbocycles. The molecule has 0 aromatic heterocycles. The lowest BCUT2D eigenvalue weighted by Crippen LogP contribution is -2.37. The Bertz CT molecular complexity index is 351. The van der Waals surface area contributed by atoms with E-state index >= 15 is 0 Å². The Morgan fingerprint density at radius 2 is 2.00 bits per heavy atom. The average molecular weight is 207 g/mol. The maximum Gasteiger partial charge on any atom is 0.305 e. The molecule has 0 saturated heterocycles. The number of aliphatic carboxylic acids is 1. The summed E-state index contributed by atoms with van der Waals surface area (Å²) in [6, 6.07) is 9.03. The summed E-state index contributed by atoms with van der Waals surface area (Å²) in [5, 5.41) is 15.9. The van der Waals surface area contributed by atoms with E-state index in [1.807, 2.05) is 18.2 Å². The van der Waals surface area contributed by atoms with Crippen LogP contribution in [0.15, 0.2) is 30.3 Å². The molecule has 0 bridgehead atoms. The molecule has 0 spiro atoms. The van der Waals surface area contributed by atoms with Gasteiger partial charge in [-0.25, -0.2) is 0 Å². The third-order valence-electron chi connectivity index (χ3n) is 1.91. The van der Waals surface area contributed by atoms with E-state index in [0.717, 1.165) is 5.69 Å². The van der Waals surface area contributed by atoms with Crippen molar-refractivity contribution in [3.8, 4) is 0 Å². The Hall–Kier alpha value is -2.04. The number of benzene rings is 1. The van der Waals surface area contributed by atoms with Crippen LogP contribution in [0.25, 0.3) is 0 Å². The topological polar surface area (TPSA) is 90.4 Å². The summed E-state index contributed by atoms with van der Waals surface area (Å²) < 4.78 is 0. The minimum absolute atomic E-state index is 0.0471. The standard InChI is InChI=1S/C10H13N3O2/c11-10(12)13(7-6-9(14)15)8-4-2-1-3-5-8/h1-5H,6-7H2,(H3,11,12)(H,14,15). The maximum absolute atomic E-state index is 10.4. The van der Waals surface area contributed by atoms with Gasteiger partial charge >= 0.3 is 5.97 Å². The van der Waals surface area contributed by atoms with Crippen LogP contribution in [0.5, 0.6) is 0 Å². The molecule has 80 valence electrons. The fourth-order valence-corrected chi connectivity index (χ4v) is 1.20. The quantitative estimate of drug-likeness (QED) is 0.504. The van der Waals surface area contributed by atoms with Crippen LogP contribution in [0.1, 0.15) is 6.42 Å². The number of rotatable bonds is 4. The second kappa shape index (κ2) is 4.99. The predicted octanol–water partition coefficient (Wildman–Crippen LogP) is 0.861. The highest BCUT2D eigenvalue weighted by molar-refractivity contribution is 5.92. The Labute approximate surface area is 87.6 Å². The van der Waals surface area contributed by atoms with Crippen LogP contribution < -0.4 is 10.6 Å². The van der Waals surface area contributed by atoms with Gasteiger partial charge in [0.25, 0.3) is 0 Å². The zero-order valence-corrected chi connectivity index (χ0v) is 8.18. The summed E-state index contributed by atoms with van der Waals surface area (Å²) in [4.78, 5) is 11.9. The van der Waals surface area contributed by atoms with Gasteiger partial charge in [0.15, 0.2) is 5.96 Å². The van der Waals surface area contributed by atoms with Crippen molar-refractivity contribution in [2.24, 2.45) is 5.73 Å². The SMILES string of the molecule is N=C(N)N(CCC(=O)O)c1ccccc1. The number of nitrogens with zero attached hydrogens (tertiary/aromatic N) is 1. The summed E-state index contributed by atoms with van der Waals surface area (Å²) in [5.74, 6) is -1.06. The molecule has 0 aliphatic heterocycles. The van der Waals surface area contributed by atoms with Crippen LogP contribution in [-0.4, -0.2) is 23.6 Å². The first kappa shape index (κ1) is 11.0. The van der Waals surface area contributed by atoms with Gasteiger partial charge in [-0.05, 0) is 12.1 Å². The van der Waals surface area contributed by atoms with Gasteiger partial charge < -0.3 is 15.7 Å². The van der Waals surface area contributed by atoms with Crippen LogP contribution >= 0.6 is 0 Å². The molecule has 4 N–H and O–H groups in total. The van der Waals surface area contributed by atoms with Crippen LogP contribution in [0, 0.1) is 5.41 Å². The Morgan fingerprint density at radius 3 is 2.47 bits per heavy atom. The number of carboxylic acid groups (broad SMARTS) is 1. The van der Waals surface area contributed by atoms with Crippen molar-refractivity contribution >= 4 is 17.6 Å². The van der Waals surface area contributed by atoms with E-state index in [0.29, 0.717) is 0 Å². The summed E-state index contributed by atoms with van der Waals surface area (Å²) in [7, 11) is 0. The van der Waals surface area contributed by atoms with Crippen molar-refractivity contribution in [2.45, 2.75) is 6.42 Å². The molecule has 0 atom stereocenters. The summed E-state index contributed by atoms with van der Waals surface area (Å²) in [5.41, 5.74) is 6.10. The fourth-order valence-electron chi connectivity index (χ4n) is 1.20. The highest BCUT2D eigenvalue weighted by Crippen LogP contribution is 2.12. The summed E-state index contributed by atoms with van der Waals surface area (Å²) in [6.07, 6.45) is -0.0471. The van der Waals surface area contributed by atoms with Gasteiger partial charge in [0.2, 0.25) is 0 Å². The first-order valence-corrected chi connectivity index (χ1v) is 4.49. The number of hydrogen-bond donors (Lipinski definition) is 3. The number of nitrogens with two attached hydrogens (primary N) is 1. The summed E-state index contributed by atoms with van der Waals surface area (Å²) >= 11 is 0. The van der Waals surface area contributed by atoms with Crippen LogP contribution in [0.4, 0.5) is 5.69 Å². The van der Waals surface area contributed by atoms with Gasteiger partial charge in [0, 0.05) is 12.2 Å². The molecule has 0 saturated carbocycles. The van der Waals surface area contributed by atoms with Gasteiger partial charge in [-0.3, -0.25) is 10.2 Å². The molecule has 5 nitrogen and oxygen atoms in total. The van der Waals surface area contributed by atoms with Crippen LogP contribution in [0.2, 0.25) is 0 Å². The van der Waals surface area contributed by atoms with Crippen LogP contribution in [0.3, 0.4) is 0 Å². The van der Waals surface area contributed by atoms with Crippen molar-refractivity contribution in [1.29, 1.82) is 5.41 Å². The highest BCUT2D eigenvalue weighted by Gasteiger charge is 2.10. The van der Waals surface area contributed by atoms with E-state index in [4.69, 9.17) is 16.2 Å². The molecular formula is C10H13N3O2. The second-order valence-electron chi connectivity index (χ2n) is 3.02. The molecule has 5 heteroatoms. The van der Waals surface area contributed by atoms with Gasteiger partial charge in [0.05, 0.1) is 6.42 Å². The third kappa shape index (κ3) is 3.30. The number of hydrogen-bond acceptors (Lipinski definition) is 2. The Balaban J connectivity index is 2.75. The van der Waals surface area contributed by atoms with E-state index in [1.54, 1.807) is 12.1 Å². The normalized spacial score (nSPS) is 9.60. The summed E-state index contributed by atoms with van der Waals surface area (Å²) in [6.45, 7) is 0.203. The predicted molar refractivity (Wildman–Crippen MR) is 58.0 cm³/mol. The lowest BCUT2D eigenvalue weighted by atomic mass is 10.3. The van der Waals surface area contributed by atoms with Gasteiger partial charge in [-0.2, -0.15) is 0 Å². The minimum Gasteiger partial charge on any atom is -0.481 e. The molecule has 0 unspecified atom stereocenters. The zero-order chi connectivity index (χ0) is 11.3. The second-order valence-corrected chi connectivity index (χ2v) is 3.02. The Morgan fingerprint density at radius 1 is 1.40 bits per heavy atom.